The minimum absolute atomic E-state index is 0.0753. The van der Waals surface area contributed by atoms with Gasteiger partial charge in [-0.1, -0.05) is 6.07 Å². The summed E-state index contributed by atoms with van der Waals surface area (Å²) >= 11 is 0. The molecule has 1 heterocycles. The highest BCUT2D eigenvalue weighted by atomic mass is 16.4. The predicted molar refractivity (Wildman–Crippen MR) is 103 cm³/mol. The third-order valence-electron chi connectivity index (χ3n) is 3.80. The van der Waals surface area contributed by atoms with Crippen LogP contribution < -0.4 is 21.3 Å². The lowest BCUT2D eigenvalue weighted by atomic mass is 10.1. The summed E-state index contributed by atoms with van der Waals surface area (Å²) in [6.45, 7) is 1.30. The molecule has 11 nitrogen and oxygen atoms in total. The Bertz CT molecular complexity index is 670. The van der Waals surface area contributed by atoms with Gasteiger partial charge in [-0.25, -0.2) is 9.59 Å². The Labute approximate surface area is 168 Å². The maximum atomic E-state index is 11.8. The molecule has 3 amide bonds. The first-order valence-corrected chi connectivity index (χ1v) is 9.24. The highest BCUT2D eigenvalue weighted by Crippen LogP contribution is 1.99. The molecule has 11 heteroatoms. The quantitative estimate of drug-likeness (QED) is 0.227. The fourth-order valence-electron chi connectivity index (χ4n) is 2.31. The van der Waals surface area contributed by atoms with E-state index >= 15 is 0 Å². The standard InChI is InChI=1S/C18H27N5O6/c24-15(7-6-14(17(27)28)23-18(29)22-12-16(25)26)21-10-4-3-8-19-11-13-5-1-2-9-20-13/h1-2,5,9,14,19H,3-4,6-8,10-12H2,(H,21,24)(H,25,26)(H,27,28)(H2,22,23,29)/t14-/m0/s1. The average Bonchev–Trinajstić information content (AvgIpc) is 2.69. The van der Waals surface area contributed by atoms with E-state index in [0.29, 0.717) is 13.1 Å². The first-order chi connectivity index (χ1) is 13.9. The second-order valence-corrected chi connectivity index (χ2v) is 6.21. The van der Waals surface area contributed by atoms with Crippen LogP contribution in [0, 0.1) is 0 Å². The number of nitrogens with one attached hydrogen (secondary N) is 4. The highest BCUT2D eigenvalue weighted by Gasteiger charge is 2.21. The van der Waals surface area contributed by atoms with Crippen molar-refractivity contribution >= 4 is 23.9 Å². The van der Waals surface area contributed by atoms with E-state index in [0.717, 1.165) is 25.1 Å². The van der Waals surface area contributed by atoms with Gasteiger partial charge in [-0.3, -0.25) is 14.6 Å². The lowest BCUT2D eigenvalue weighted by Gasteiger charge is -2.14. The third kappa shape index (κ3) is 12.0. The number of carbonyl (C=O) groups is 4. The van der Waals surface area contributed by atoms with Crippen molar-refractivity contribution in [3.05, 3.63) is 30.1 Å². The van der Waals surface area contributed by atoms with Crippen LogP contribution in [0.4, 0.5) is 4.79 Å². The summed E-state index contributed by atoms with van der Waals surface area (Å²) in [7, 11) is 0. The second kappa shape index (κ2) is 13.9. The molecule has 0 fully saturated rings. The summed E-state index contributed by atoms with van der Waals surface area (Å²) in [5.74, 6) is -2.87. The summed E-state index contributed by atoms with van der Waals surface area (Å²) in [5.41, 5.74) is 0.957. The molecule has 0 saturated carbocycles. The normalized spacial score (nSPS) is 11.3. The number of carboxylic acids is 2. The summed E-state index contributed by atoms with van der Waals surface area (Å²) in [4.78, 5) is 49.0. The number of hydrogen-bond donors (Lipinski definition) is 6. The molecule has 0 spiro atoms. The maximum Gasteiger partial charge on any atom is 0.326 e. The SMILES string of the molecule is O=C(O)CNC(=O)N[C@@H](CCC(=O)NCCCCNCc1ccccn1)C(=O)O. The van der Waals surface area contributed by atoms with Crippen molar-refractivity contribution in [2.45, 2.75) is 38.3 Å². The number of unbranched alkanes of at least 4 members (excludes halogenated alkanes) is 1. The summed E-state index contributed by atoms with van der Waals surface area (Å²) < 4.78 is 0. The van der Waals surface area contributed by atoms with Crippen LogP contribution in [0.1, 0.15) is 31.4 Å². The Morgan fingerprint density at radius 3 is 2.45 bits per heavy atom. The zero-order valence-corrected chi connectivity index (χ0v) is 16.0. The molecule has 29 heavy (non-hydrogen) atoms. The lowest BCUT2D eigenvalue weighted by molar-refractivity contribution is -0.139. The fourth-order valence-corrected chi connectivity index (χ4v) is 2.31. The van der Waals surface area contributed by atoms with Crippen molar-refractivity contribution in [3.8, 4) is 0 Å². The number of hydrogen-bond acceptors (Lipinski definition) is 6. The molecule has 0 bridgehead atoms. The Hall–Kier alpha value is -3.21. The minimum atomic E-state index is -1.30. The van der Waals surface area contributed by atoms with Gasteiger partial charge in [0, 0.05) is 25.7 Å². The smallest absolute Gasteiger partial charge is 0.326 e. The van der Waals surface area contributed by atoms with Gasteiger partial charge < -0.3 is 31.5 Å². The maximum absolute atomic E-state index is 11.8. The van der Waals surface area contributed by atoms with Gasteiger partial charge in [0.05, 0.1) is 5.69 Å². The highest BCUT2D eigenvalue weighted by molar-refractivity contribution is 5.85. The molecule has 0 aliphatic carbocycles. The van der Waals surface area contributed by atoms with E-state index in [1.807, 2.05) is 23.5 Å². The van der Waals surface area contributed by atoms with Crippen LogP contribution in [0.3, 0.4) is 0 Å². The van der Waals surface area contributed by atoms with Crippen LogP contribution in [-0.2, 0) is 20.9 Å². The van der Waals surface area contributed by atoms with E-state index < -0.39 is 30.6 Å². The molecule has 6 N–H and O–H groups in total. The molecule has 0 aliphatic rings. The van der Waals surface area contributed by atoms with Gasteiger partial charge in [0.1, 0.15) is 12.6 Å². The summed E-state index contributed by atoms with van der Waals surface area (Å²) in [6.07, 6.45) is 3.18. The van der Waals surface area contributed by atoms with Crippen LogP contribution in [-0.4, -0.2) is 64.8 Å². The first kappa shape index (κ1) is 23.8. The van der Waals surface area contributed by atoms with Gasteiger partial charge in [0.25, 0.3) is 0 Å². The van der Waals surface area contributed by atoms with Gasteiger partial charge in [-0.05, 0) is 37.9 Å². The van der Waals surface area contributed by atoms with Crippen LogP contribution in [0.25, 0.3) is 0 Å². The van der Waals surface area contributed by atoms with Gasteiger partial charge in [-0.15, -0.1) is 0 Å². The number of amides is 3. The second-order valence-electron chi connectivity index (χ2n) is 6.21. The number of urea groups is 1. The van der Waals surface area contributed by atoms with Gasteiger partial charge in [0.15, 0.2) is 0 Å². The van der Waals surface area contributed by atoms with Gasteiger partial charge in [0.2, 0.25) is 5.91 Å². The van der Waals surface area contributed by atoms with Crippen LogP contribution in [0.15, 0.2) is 24.4 Å². The van der Waals surface area contributed by atoms with E-state index in [2.05, 4.69) is 20.9 Å². The Morgan fingerprint density at radius 2 is 1.79 bits per heavy atom. The Balaban J connectivity index is 2.12. The molecule has 160 valence electrons. The number of carbonyl (C=O) groups excluding carboxylic acids is 2. The molecule has 0 aromatic carbocycles. The summed E-state index contributed by atoms with van der Waals surface area (Å²) in [6, 6.07) is 3.51. The van der Waals surface area contributed by atoms with E-state index in [1.54, 1.807) is 6.20 Å². The van der Waals surface area contributed by atoms with Crippen LogP contribution in [0.2, 0.25) is 0 Å². The third-order valence-corrected chi connectivity index (χ3v) is 3.80. The zero-order chi connectivity index (χ0) is 21.5. The number of pyridine rings is 1. The average molecular weight is 409 g/mol. The fraction of sp³-hybridized carbons (Fsp3) is 0.500. The number of aromatic nitrogens is 1. The summed E-state index contributed by atoms with van der Waals surface area (Å²) in [5, 5.41) is 27.6. The molecule has 1 aromatic heterocycles. The molecule has 1 rings (SSSR count). The van der Waals surface area contributed by atoms with Crippen molar-refractivity contribution in [2.75, 3.05) is 19.6 Å². The van der Waals surface area contributed by atoms with E-state index in [1.165, 1.54) is 0 Å². The molecule has 0 radical (unpaired) electrons. The molecular formula is C18H27N5O6. The molecule has 1 aromatic rings. The topological polar surface area (TPSA) is 170 Å². The zero-order valence-electron chi connectivity index (χ0n) is 16.0. The molecular weight excluding hydrogens is 382 g/mol. The largest absolute Gasteiger partial charge is 0.480 e. The molecule has 0 aliphatic heterocycles. The number of nitrogens with zero attached hydrogens (tertiary/aromatic N) is 1. The first-order valence-electron chi connectivity index (χ1n) is 9.24. The van der Waals surface area contributed by atoms with Crippen LogP contribution >= 0.6 is 0 Å². The van der Waals surface area contributed by atoms with Crippen molar-refractivity contribution in [3.63, 3.8) is 0 Å². The van der Waals surface area contributed by atoms with Gasteiger partial charge >= 0.3 is 18.0 Å². The van der Waals surface area contributed by atoms with E-state index in [4.69, 9.17) is 10.2 Å². The van der Waals surface area contributed by atoms with E-state index in [-0.39, 0.29) is 18.7 Å². The van der Waals surface area contributed by atoms with Crippen molar-refractivity contribution in [1.82, 2.24) is 26.3 Å². The van der Waals surface area contributed by atoms with Crippen LogP contribution in [0.5, 0.6) is 0 Å². The Morgan fingerprint density at radius 1 is 1.03 bits per heavy atom. The number of aliphatic carboxylic acids is 2. The number of rotatable bonds is 14. The monoisotopic (exact) mass is 409 g/mol. The van der Waals surface area contributed by atoms with Crippen molar-refractivity contribution in [1.29, 1.82) is 0 Å². The predicted octanol–water partition coefficient (Wildman–Crippen LogP) is -0.315. The minimum Gasteiger partial charge on any atom is -0.480 e. The van der Waals surface area contributed by atoms with E-state index in [9.17, 15) is 19.2 Å². The number of carboxylic acid groups (broad SMARTS) is 2. The lowest BCUT2D eigenvalue weighted by Crippen LogP contribution is -2.47. The van der Waals surface area contributed by atoms with Crippen molar-refractivity contribution in [2.24, 2.45) is 0 Å². The molecule has 1 atom stereocenters. The molecule has 0 saturated heterocycles. The molecule has 0 unspecified atom stereocenters. The Kier molecular flexibility index (Phi) is 11.4. The van der Waals surface area contributed by atoms with Gasteiger partial charge in [-0.2, -0.15) is 0 Å². The van der Waals surface area contributed by atoms with Crippen molar-refractivity contribution < 1.29 is 29.4 Å².